The summed E-state index contributed by atoms with van der Waals surface area (Å²) in [6.45, 7) is 6.28. The summed E-state index contributed by atoms with van der Waals surface area (Å²) < 4.78 is 10.9. The van der Waals surface area contributed by atoms with Gasteiger partial charge < -0.3 is 19.4 Å². The van der Waals surface area contributed by atoms with Crippen LogP contribution in [0.2, 0.25) is 0 Å². The first-order valence-electron chi connectivity index (χ1n) is 10.5. The van der Waals surface area contributed by atoms with Gasteiger partial charge in [-0.25, -0.2) is 9.78 Å². The third-order valence-electron chi connectivity index (χ3n) is 5.77. The number of H-pyrrole nitrogens is 1. The number of amides is 1. The molecule has 1 N–H and O–H groups in total. The highest BCUT2D eigenvalue weighted by molar-refractivity contribution is 5.68. The summed E-state index contributed by atoms with van der Waals surface area (Å²) in [5.74, 6) is 1.51. The van der Waals surface area contributed by atoms with Crippen molar-refractivity contribution in [2.75, 3.05) is 13.7 Å². The van der Waals surface area contributed by atoms with Crippen molar-refractivity contribution in [1.82, 2.24) is 14.9 Å². The summed E-state index contributed by atoms with van der Waals surface area (Å²) in [6.07, 6.45) is 2.89. The van der Waals surface area contributed by atoms with E-state index in [9.17, 15) is 9.59 Å². The zero-order valence-corrected chi connectivity index (χ0v) is 18.1. The van der Waals surface area contributed by atoms with E-state index in [0.717, 1.165) is 36.3 Å². The Labute approximate surface area is 176 Å². The third-order valence-corrected chi connectivity index (χ3v) is 5.77. The summed E-state index contributed by atoms with van der Waals surface area (Å²) in [6, 6.07) is 7.96. The molecule has 0 radical (unpaired) electrons. The molecule has 7 nitrogen and oxygen atoms in total. The van der Waals surface area contributed by atoms with Crippen molar-refractivity contribution in [3.63, 3.8) is 0 Å². The summed E-state index contributed by atoms with van der Waals surface area (Å²) in [5.41, 5.74) is 1.45. The molecule has 4 rings (SSSR count). The van der Waals surface area contributed by atoms with E-state index in [4.69, 9.17) is 14.5 Å². The largest absolute Gasteiger partial charge is 0.497 e. The van der Waals surface area contributed by atoms with Gasteiger partial charge in [0.25, 0.3) is 5.56 Å². The molecule has 1 fully saturated rings. The van der Waals surface area contributed by atoms with Crippen molar-refractivity contribution in [3.8, 4) is 5.75 Å². The predicted molar refractivity (Wildman–Crippen MR) is 113 cm³/mol. The number of carbonyl (C=O) groups is 1. The average Bonchev–Trinajstić information content (AvgIpc) is 3.51. The van der Waals surface area contributed by atoms with E-state index in [1.54, 1.807) is 12.0 Å². The Morgan fingerprint density at radius 3 is 2.70 bits per heavy atom. The smallest absolute Gasteiger partial charge is 0.410 e. The van der Waals surface area contributed by atoms with Gasteiger partial charge in [0.2, 0.25) is 0 Å². The van der Waals surface area contributed by atoms with Gasteiger partial charge in [-0.05, 0) is 64.2 Å². The van der Waals surface area contributed by atoms with Crippen molar-refractivity contribution in [3.05, 3.63) is 57.3 Å². The number of methoxy groups -OCH3 is 1. The van der Waals surface area contributed by atoms with Gasteiger partial charge in [-0.2, -0.15) is 0 Å². The van der Waals surface area contributed by atoms with Crippen LogP contribution in [0.3, 0.4) is 0 Å². The minimum absolute atomic E-state index is 0.167. The van der Waals surface area contributed by atoms with Crippen molar-refractivity contribution in [2.24, 2.45) is 0 Å². The number of nitrogens with one attached hydrogen (secondary N) is 1. The van der Waals surface area contributed by atoms with E-state index in [1.807, 2.05) is 39.0 Å². The molecule has 2 aromatic rings. The highest BCUT2D eigenvalue weighted by Gasteiger charge is 2.49. The van der Waals surface area contributed by atoms with Gasteiger partial charge in [0, 0.05) is 6.54 Å². The minimum Gasteiger partial charge on any atom is -0.497 e. The number of hydrogen-bond acceptors (Lipinski definition) is 5. The molecule has 0 unspecified atom stereocenters. The Morgan fingerprint density at radius 1 is 1.27 bits per heavy atom. The summed E-state index contributed by atoms with van der Waals surface area (Å²) in [5, 5.41) is 0. The Morgan fingerprint density at radius 2 is 2.03 bits per heavy atom. The molecule has 30 heavy (non-hydrogen) atoms. The maximum absolute atomic E-state index is 13.0. The van der Waals surface area contributed by atoms with Gasteiger partial charge in [-0.3, -0.25) is 4.79 Å². The Hall–Kier alpha value is -2.83. The number of nitrogens with zero attached hydrogens (tertiary/aromatic N) is 2. The maximum Gasteiger partial charge on any atom is 0.410 e. The first-order chi connectivity index (χ1) is 14.2. The monoisotopic (exact) mass is 411 g/mol. The van der Waals surface area contributed by atoms with Crippen LogP contribution in [-0.2, 0) is 23.1 Å². The van der Waals surface area contributed by atoms with E-state index >= 15 is 0 Å². The lowest BCUT2D eigenvalue weighted by Gasteiger charge is -2.26. The molecule has 1 aromatic heterocycles. The van der Waals surface area contributed by atoms with Crippen LogP contribution in [0.4, 0.5) is 4.79 Å². The van der Waals surface area contributed by atoms with Crippen LogP contribution < -0.4 is 10.3 Å². The van der Waals surface area contributed by atoms with E-state index in [-0.39, 0.29) is 17.5 Å². The second kappa shape index (κ2) is 7.45. The fraction of sp³-hybridized carbons (Fsp3) is 0.522. The minimum atomic E-state index is -0.574. The topological polar surface area (TPSA) is 84.5 Å². The van der Waals surface area contributed by atoms with Crippen molar-refractivity contribution in [2.45, 2.75) is 64.0 Å². The van der Waals surface area contributed by atoms with Crippen LogP contribution in [-0.4, -0.2) is 40.2 Å². The van der Waals surface area contributed by atoms with Crippen LogP contribution in [0.25, 0.3) is 0 Å². The zero-order chi connectivity index (χ0) is 21.5. The maximum atomic E-state index is 13.0. The molecule has 7 heteroatoms. The SMILES string of the molecule is COc1cccc(C2(c3nc4c(c(=O)[nH]3)CN(C(=O)OC(C)(C)C)CCC4)CC2)c1. The number of aromatic amines is 1. The van der Waals surface area contributed by atoms with Crippen LogP contribution in [0.1, 0.15) is 62.7 Å². The van der Waals surface area contributed by atoms with E-state index in [1.165, 1.54) is 0 Å². The molecule has 1 aliphatic heterocycles. The lowest BCUT2D eigenvalue weighted by molar-refractivity contribution is 0.0236. The van der Waals surface area contributed by atoms with Gasteiger partial charge >= 0.3 is 6.09 Å². The highest BCUT2D eigenvalue weighted by Crippen LogP contribution is 2.52. The fourth-order valence-electron chi connectivity index (χ4n) is 4.04. The molecule has 1 aromatic carbocycles. The number of fused-ring (bicyclic) bond motifs is 1. The van der Waals surface area contributed by atoms with E-state index < -0.39 is 11.7 Å². The molecule has 160 valence electrons. The second-order valence-electron chi connectivity index (χ2n) is 9.16. The van der Waals surface area contributed by atoms with E-state index in [0.29, 0.717) is 24.4 Å². The standard InChI is InChI=1S/C23H29N3O4/c1-22(2,3)30-21(28)26-12-6-9-18-17(14-26)19(27)25-20(24-18)23(10-11-23)15-7-5-8-16(13-15)29-4/h5,7-8,13H,6,9-12,14H2,1-4H3,(H,24,25,27). The number of ether oxygens (including phenoxy) is 2. The van der Waals surface area contributed by atoms with E-state index in [2.05, 4.69) is 11.1 Å². The molecule has 0 bridgehead atoms. The number of carbonyl (C=O) groups excluding carboxylic acids is 1. The number of rotatable bonds is 3. The Kier molecular flexibility index (Phi) is 5.08. The molecule has 1 saturated carbocycles. The van der Waals surface area contributed by atoms with Crippen LogP contribution in [0, 0.1) is 0 Å². The normalized spacial score (nSPS) is 17.7. The van der Waals surface area contributed by atoms with Crippen LogP contribution in [0.5, 0.6) is 5.75 Å². The summed E-state index contributed by atoms with van der Waals surface area (Å²) in [7, 11) is 1.65. The fourth-order valence-corrected chi connectivity index (χ4v) is 4.04. The number of benzene rings is 1. The molecule has 1 aliphatic carbocycles. The second-order valence-corrected chi connectivity index (χ2v) is 9.16. The van der Waals surface area contributed by atoms with Gasteiger partial charge in [0.15, 0.2) is 0 Å². The van der Waals surface area contributed by atoms with Gasteiger partial charge in [-0.15, -0.1) is 0 Å². The average molecular weight is 412 g/mol. The molecular formula is C23H29N3O4. The lowest BCUT2D eigenvalue weighted by Crippen LogP contribution is -2.37. The van der Waals surface area contributed by atoms with Gasteiger partial charge in [0.05, 0.1) is 30.3 Å². The molecule has 0 atom stereocenters. The number of hydrogen-bond donors (Lipinski definition) is 1. The van der Waals surface area contributed by atoms with Crippen LogP contribution in [0.15, 0.2) is 29.1 Å². The number of aryl methyl sites for hydroxylation is 1. The zero-order valence-electron chi connectivity index (χ0n) is 18.1. The molecule has 2 heterocycles. The third kappa shape index (κ3) is 3.93. The van der Waals surface area contributed by atoms with Crippen molar-refractivity contribution in [1.29, 1.82) is 0 Å². The predicted octanol–water partition coefficient (Wildman–Crippen LogP) is 3.54. The number of aromatic nitrogens is 2. The molecule has 0 saturated heterocycles. The quantitative estimate of drug-likeness (QED) is 0.835. The Bertz CT molecular complexity index is 1020. The molecule has 0 spiro atoms. The summed E-state index contributed by atoms with van der Waals surface area (Å²) in [4.78, 5) is 35.1. The van der Waals surface area contributed by atoms with Gasteiger partial charge in [-0.1, -0.05) is 12.1 Å². The first kappa shape index (κ1) is 20.4. The molecule has 2 aliphatic rings. The highest BCUT2D eigenvalue weighted by atomic mass is 16.6. The summed E-state index contributed by atoms with van der Waals surface area (Å²) >= 11 is 0. The molecular weight excluding hydrogens is 382 g/mol. The van der Waals surface area contributed by atoms with Gasteiger partial charge in [0.1, 0.15) is 17.2 Å². The Balaban J connectivity index is 1.65. The molecule has 1 amide bonds. The van der Waals surface area contributed by atoms with Crippen LogP contribution >= 0.6 is 0 Å². The van der Waals surface area contributed by atoms with Crippen molar-refractivity contribution < 1.29 is 14.3 Å². The lowest BCUT2D eigenvalue weighted by atomic mass is 9.94. The first-order valence-corrected chi connectivity index (χ1v) is 10.5. The van der Waals surface area contributed by atoms with Crippen molar-refractivity contribution >= 4 is 6.09 Å².